The first-order valence-corrected chi connectivity index (χ1v) is 8.34. The highest BCUT2D eigenvalue weighted by atomic mass is 15.2. The molecular formula is C18H31N3. The van der Waals surface area contributed by atoms with Gasteiger partial charge in [-0.2, -0.15) is 0 Å². The average molecular weight is 289 g/mol. The Balaban J connectivity index is 2.22. The SMILES string of the molecule is CCCC(C)N(C)C(CN)c1ccc2c(c1)CCCN2C. The first kappa shape index (κ1) is 16.3. The van der Waals surface area contributed by atoms with Crippen LogP contribution in [0, 0.1) is 0 Å². The third kappa shape index (κ3) is 3.58. The summed E-state index contributed by atoms with van der Waals surface area (Å²) < 4.78 is 0. The third-order valence-corrected chi connectivity index (χ3v) is 4.96. The Bertz CT molecular complexity index is 458. The van der Waals surface area contributed by atoms with Crippen LogP contribution in [-0.4, -0.2) is 38.1 Å². The molecule has 0 bridgehead atoms. The van der Waals surface area contributed by atoms with Gasteiger partial charge >= 0.3 is 0 Å². The highest BCUT2D eigenvalue weighted by molar-refractivity contribution is 5.56. The van der Waals surface area contributed by atoms with Crippen molar-refractivity contribution < 1.29 is 0 Å². The lowest BCUT2D eigenvalue weighted by Gasteiger charge is -2.34. The van der Waals surface area contributed by atoms with Crippen LogP contribution in [0.25, 0.3) is 0 Å². The van der Waals surface area contributed by atoms with Gasteiger partial charge in [-0.15, -0.1) is 0 Å². The number of benzene rings is 1. The summed E-state index contributed by atoms with van der Waals surface area (Å²) in [6.45, 7) is 6.40. The molecule has 3 nitrogen and oxygen atoms in total. The number of likely N-dealkylation sites (N-methyl/N-ethyl adjacent to an activating group) is 1. The second kappa shape index (κ2) is 7.28. The molecule has 0 saturated carbocycles. The first-order valence-electron chi connectivity index (χ1n) is 8.34. The summed E-state index contributed by atoms with van der Waals surface area (Å²) in [5, 5.41) is 0. The maximum absolute atomic E-state index is 6.09. The molecule has 3 heteroatoms. The average Bonchev–Trinajstić information content (AvgIpc) is 2.48. The Hall–Kier alpha value is -1.06. The van der Waals surface area contributed by atoms with Gasteiger partial charge in [0.15, 0.2) is 0 Å². The summed E-state index contributed by atoms with van der Waals surface area (Å²) in [4.78, 5) is 4.81. The summed E-state index contributed by atoms with van der Waals surface area (Å²) in [6, 6.07) is 7.84. The van der Waals surface area contributed by atoms with Crippen molar-refractivity contribution in [1.82, 2.24) is 4.90 Å². The van der Waals surface area contributed by atoms with Gasteiger partial charge in [-0.3, -0.25) is 4.90 Å². The van der Waals surface area contributed by atoms with E-state index in [1.807, 2.05) is 0 Å². The van der Waals surface area contributed by atoms with Crippen molar-refractivity contribution in [2.24, 2.45) is 5.73 Å². The molecule has 2 atom stereocenters. The van der Waals surface area contributed by atoms with E-state index in [2.05, 4.69) is 55.9 Å². The Morgan fingerprint density at radius 3 is 2.81 bits per heavy atom. The molecule has 0 amide bonds. The Labute approximate surface area is 130 Å². The Morgan fingerprint density at radius 2 is 2.14 bits per heavy atom. The van der Waals surface area contributed by atoms with E-state index in [1.165, 1.54) is 49.0 Å². The van der Waals surface area contributed by atoms with Crippen LogP contribution in [0.15, 0.2) is 18.2 Å². The zero-order chi connectivity index (χ0) is 15.4. The number of rotatable bonds is 6. The molecule has 1 aliphatic heterocycles. The molecule has 21 heavy (non-hydrogen) atoms. The van der Waals surface area contributed by atoms with Gasteiger partial charge in [-0.05, 0) is 50.4 Å². The number of nitrogens with zero attached hydrogens (tertiary/aromatic N) is 2. The highest BCUT2D eigenvalue weighted by Gasteiger charge is 2.22. The van der Waals surface area contributed by atoms with E-state index in [0.717, 1.165) is 0 Å². The summed E-state index contributed by atoms with van der Waals surface area (Å²) in [6.07, 6.45) is 4.89. The smallest absolute Gasteiger partial charge is 0.0470 e. The van der Waals surface area contributed by atoms with Gasteiger partial charge in [0.25, 0.3) is 0 Å². The topological polar surface area (TPSA) is 32.5 Å². The largest absolute Gasteiger partial charge is 0.374 e. The van der Waals surface area contributed by atoms with Crippen LogP contribution in [0.5, 0.6) is 0 Å². The zero-order valence-corrected chi connectivity index (χ0v) is 14.1. The summed E-state index contributed by atoms with van der Waals surface area (Å²) in [7, 11) is 4.40. The number of hydrogen-bond donors (Lipinski definition) is 1. The number of fused-ring (bicyclic) bond motifs is 1. The standard InChI is InChI=1S/C18H31N3/c1-5-7-14(2)21(4)18(13-19)16-9-10-17-15(12-16)8-6-11-20(17)3/h9-10,12,14,18H,5-8,11,13,19H2,1-4H3. The van der Waals surface area contributed by atoms with Gasteiger partial charge in [0.05, 0.1) is 0 Å². The first-order chi connectivity index (χ1) is 10.1. The predicted octanol–water partition coefficient (Wildman–Crippen LogP) is 3.19. The monoisotopic (exact) mass is 289 g/mol. The molecule has 1 aromatic carbocycles. The maximum Gasteiger partial charge on any atom is 0.0470 e. The summed E-state index contributed by atoms with van der Waals surface area (Å²) in [5.74, 6) is 0. The van der Waals surface area contributed by atoms with Gasteiger partial charge < -0.3 is 10.6 Å². The molecular weight excluding hydrogens is 258 g/mol. The van der Waals surface area contributed by atoms with Crippen molar-refractivity contribution in [3.8, 4) is 0 Å². The van der Waals surface area contributed by atoms with Crippen molar-refractivity contribution in [2.75, 3.05) is 32.1 Å². The van der Waals surface area contributed by atoms with E-state index in [1.54, 1.807) is 0 Å². The molecule has 118 valence electrons. The molecule has 0 aliphatic carbocycles. The van der Waals surface area contributed by atoms with Crippen LogP contribution in [0.4, 0.5) is 5.69 Å². The predicted molar refractivity (Wildman–Crippen MR) is 92.0 cm³/mol. The van der Waals surface area contributed by atoms with Gasteiger partial charge in [0.1, 0.15) is 0 Å². The van der Waals surface area contributed by atoms with Crippen LogP contribution in [0.2, 0.25) is 0 Å². The molecule has 0 fully saturated rings. The van der Waals surface area contributed by atoms with E-state index in [4.69, 9.17) is 5.73 Å². The second-order valence-corrected chi connectivity index (χ2v) is 6.47. The minimum Gasteiger partial charge on any atom is -0.374 e. The van der Waals surface area contributed by atoms with E-state index in [-0.39, 0.29) is 0 Å². The van der Waals surface area contributed by atoms with Crippen molar-refractivity contribution in [2.45, 2.75) is 51.6 Å². The lowest BCUT2D eigenvalue weighted by molar-refractivity contribution is 0.179. The molecule has 0 radical (unpaired) electrons. The lowest BCUT2D eigenvalue weighted by Crippen LogP contribution is -2.37. The van der Waals surface area contributed by atoms with Crippen LogP contribution >= 0.6 is 0 Å². The van der Waals surface area contributed by atoms with Crippen molar-refractivity contribution in [1.29, 1.82) is 0 Å². The number of anilines is 1. The van der Waals surface area contributed by atoms with Crippen molar-refractivity contribution >= 4 is 5.69 Å². The van der Waals surface area contributed by atoms with Crippen LogP contribution < -0.4 is 10.6 Å². The maximum atomic E-state index is 6.09. The summed E-state index contributed by atoms with van der Waals surface area (Å²) in [5.41, 5.74) is 10.3. The Kier molecular flexibility index (Phi) is 5.65. The van der Waals surface area contributed by atoms with E-state index in [0.29, 0.717) is 18.6 Å². The Morgan fingerprint density at radius 1 is 1.38 bits per heavy atom. The minimum atomic E-state index is 0.323. The van der Waals surface area contributed by atoms with Gasteiger partial charge in [-0.1, -0.05) is 25.5 Å². The third-order valence-electron chi connectivity index (χ3n) is 4.96. The molecule has 1 heterocycles. The minimum absolute atomic E-state index is 0.323. The molecule has 0 saturated heterocycles. The molecule has 2 unspecified atom stereocenters. The fraction of sp³-hybridized carbons (Fsp3) is 0.667. The zero-order valence-electron chi connectivity index (χ0n) is 14.1. The van der Waals surface area contributed by atoms with Gasteiger partial charge in [0.2, 0.25) is 0 Å². The highest BCUT2D eigenvalue weighted by Crippen LogP contribution is 2.30. The molecule has 0 aromatic heterocycles. The van der Waals surface area contributed by atoms with E-state index in [9.17, 15) is 0 Å². The van der Waals surface area contributed by atoms with E-state index >= 15 is 0 Å². The fourth-order valence-corrected chi connectivity index (χ4v) is 3.48. The molecule has 1 aromatic rings. The van der Waals surface area contributed by atoms with E-state index < -0.39 is 0 Å². The quantitative estimate of drug-likeness (QED) is 0.873. The van der Waals surface area contributed by atoms with Crippen LogP contribution in [0.3, 0.4) is 0 Å². The molecule has 0 spiro atoms. The molecule has 2 rings (SSSR count). The normalized spacial score (nSPS) is 17.7. The number of aryl methyl sites for hydroxylation is 1. The van der Waals surface area contributed by atoms with Crippen LogP contribution in [0.1, 0.15) is 50.3 Å². The van der Waals surface area contributed by atoms with Crippen LogP contribution in [-0.2, 0) is 6.42 Å². The molecule has 1 aliphatic rings. The van der Waals surface area contributed by atoms with Gasteiger partial charge in [-0.25, -0.2) is 0 Å². The van der Waals surface area contributed by atoms with Crippen molar-refractivity contribution in [3.63, 3.8) is 0 Å². The summed E-state index contributed by atoms with van der Waals surface area (Å²) >= 11 is 0. The molecule has 2 N–H and O–H groups in total. The fourth-order valence-electron chi connectivity index (χ4n) is 3.48. The van der Waals surface area contributed by atoms with Gasteiger partial charge in [0, 0.05) is 37.9 Å². The van der Waals surface area contributed by atoms with Crippen molar-refractivity contribution in [3.05, 3.63) is 29.3 Å². The number of nitrogens with two attached hydrogens (primary N) is 1. The number of hydrogen-bond acceptors (Lipinski definition) is 3. The second-order valence-electron chi connectivity index (χ2n) is 6.47. The lowest BCUT2D eigenvalue weighted by atomic mass is 9.95.